The summed E-state index contributed by atoms with van der Waals surface area (Å²) in [6.45, 7) is 4.35. The number of nitriles is 1. The lowest BCUT2D eigenvalue weighted by Gasteiger charge is -2.56. The van der Waals surface area contributed by atoms with Gasteiger partial charge in [-0.1, -0.05) is 25.5 Å². The van der Waals surface area contributed by atoms with Gasteiger partial charge in [0, 0.05) is 28.9 Å². The highest BCUT2D eigenvalue weighted by atomic mass is 19.4. The predicted octanol–water partition coefficient (Wildman–Crippen LogP) is 4.77. The Morgan fingerprint density at radius 2 is 1.78 bits per heavy atom. The Labute approximate surface area is 258 Å². The average Bonchev–Trinajstić information content (AvgIpc) is 3.23. The normalized spacial score (nSPS) is 32.4. The van der Waals surface area contributed by atoms with Gasteiger partial charge in [0.25, 0.3) is 5.91 Å². The molecule has 6 atom stereocenters. The Kier molecular flexibility index (Phi) is 9.03. The van der Waals surface area contributed by atoms with Gasteiger partial charge in [-0.25, -0.2) is 0 Å². The third kappa shape index (κ3) is 5.87. The van der Waals surface area contributed by atoms with Gasteiger partial charge in [-0.05, 0) is 80.9 Å². The molecular formula is C33H35F3N2O7. The molecule has 1 aromatic carbocycles. The molecule has 4 N–H and O–H groups in total. The molecule has 0 aliphatic heterocycles. The van der Waals surface area contributed by atoms with Crippen molar-refractivity contribution in [3.8, 4) is 6.07 Å². The summed E-state index contributed by atoms with van der Waals surface area (Å²) in [5, 5.41) is 40.3. The molecule has 240 valence electrons. The third-order valence-electron chi connectivity index (χ3n) is 10.2. The van der Waals surface area contributed by atoms with Crippen molar-refractivity contribution in [2.75, 3.05) is 11.9 Å². The number of amides is 1. The zero-order chi connectivity index (χ0) is 33.5. The molecule has 0 heterocycles. The van der Waals surface area contributed by atoms with Crippen LogP contribution in [0.5, 0.6) is 0 Å². The number of benzene rings is 1. The number of nitrogens with one attached hydrogen (secondary N) is 1. The second kappa shape index (κ2) is 12.0. The lowest BCUT2D eigenvalue weighted by Crippen LogP contribution is -2.60. The molecule has 0 radical (unpaired) electrons. The van der Waals surface area contributed by atoms with E-state index in [1.807, 2.05) is 19.9 Å². The predicted molar refractivity (Wildman–Crippen MR) is 155 cm³/mol. The standard InChI is InChI=1S/C21H26O5.C12H9F3N2O2/c1-19-7-5-13(23)9-12(19)3-4-14-15-6-8-21(26,17(25)11-22)20(15,2)10-16(24)18(14)19;1-7(18)10(6-16)11(19)17-9-4-2-8(3-5-9)12(13,14)15/h5,7,9,14-15,18,22,26H,3-4,6,8,10-11H2,1-2H3;2-5,18H,1H3,(H,17,19)/b;10-7-/t14-,15-,18+,19-,20-,21-;/m0./s1. The van der Waals surface area contributed by atoms with Crippen molar-refractivity contribution in [1.82, 2.24) is 0 Å². The SMILES string of the molecule is C/C(O)=C(\C#N)C(=O)Nc1ccc(C(F)(F)F)cc1.C[C@]12C=CC(=O)C=C1CC[C@@H]1[C@@H]2C(=O)C[C@@]2(C)[C@H]1CC[C@]2(O)C(=O)CO. The molecule has 0 spiro atoms. The number of nitrogens with zero attached hydrogens (tertiary/aromatic N) is 1. The fourth-order valence-electron chi connectivity index (χ4n) is 7.85. The maximum atomic E-state index is 13.3. The molecule has 1 aromatic rings. The maximum Gasteiger partial charge on any atom is 0.416 e. The van der Waals surface area contributed by atoms with E-state index in [1.165, 1.54) is 6.07 Å². The quantitative estimate of drug-likeness (QED) is 0.210. The van der Waals surface area contributed by atoms with Crippen molar-refractivity contribution in [1.29, 1.82) is 5.26 Å². The molecule has 12 heteroatoms. The minimum Gasteiger partial charge on any atom is -0.511 e. The highest BCUT2D eigenvalue weighted by Crippen LogP contribution is 2.66. The number of hydrogen-bond acceptors (Lipinski definition) is 8. The van der Waals surface area contributed by atoms with E-state index in [9.17, 15) is 42.6 Å². The summed E-state index contributed by atoms with van der Waals surface area (Å²) in [6, 6.07) is 5.22. The van der Waals surface area contributed by atoms with E-state index in [0.29, 0.717) is 12.8 Å². The number of anilines is 1. The number of alkyl halides is 3. The van der Waals surface area contributed by atoms with Gasteiger partial charge in [0.2, 0.25) is 0 Å². The summed E-state index contributed by atoms with van der Waals surface area (Å²) in [5.41, 5.74) is -3.12. The Morgan fingerprint density at radius 1 is 1.13 bits per heavy atom. The fraction of sp³-hybridized carbons (Fsp3) is 0.485. The summed E-state index contributed by atoms with van der Waals surface area (Å²) < 4.78 is 36.9. The molecule has 9 nitrogen and oxygen atoms in total. The Bertz CT molecular complexity index is 1550. The van der Waals surface area contributed by atoms with Crippen LogP contribution in [0.15, 0.2) is 59.4 Å². The van der Waals surface area contributed by atoms with Crippen LogP contribution >= 0.6 is 0 Å². The lowest BCUT2D eigenvalue weighted by atomic mass is 9.46. The van der Waals surface area contributed by atoms with Gasteiger partial charge in [0.1, 0.15) is 29.8 Å². The minimum absolute atomic E-state index is 0.0206. The van der Waals surface area contributed by atoms with Crippen LogP contribution in [-0.4, -0.2) is 50.8 Å². The molecule has 0 saturated heterocycles. The number of rotatable bonds is 4. The number of ketones is 3. The minimum atomic E-state index is -4.46. The molecule has 3 fully saturated rings. The molecule has 0 bridgehead atoms. The first-order valence-corrected chi connectivity index (χ1v) is 14.5. The van der Waals surface area contributed by atoms with E-state index < -0.39 is 57.8 Å². The van der Waals surface area contributed by atoms with Gasteiger partial charge in [0.05, 0.1) is 5.56 Å². The molecule has 4 aliphatic rings. The van der Waals surface area contributed by atoms with E-state index in [2.05, 4.69) is 5.32 Å². The summed E-state index contributed by atoms with van der Waals surface area (Å²) in [5.74, 6) is -1.94. The van der Waals surface area contributed by atoms with E-state index in [-0.39, 0.29) is 41.4 Å². The second-order valence-corrected chi connectivity index (χ2v) is 12.6. The first-order valence-electron chi connectivity index (χ1n) is 14.5. The topological polar surface area (TPSA) is 165 Å². The number of allylic oxidation sites excluding steroid dienone is 5. The van der Waals surface area contributed by atoms with E-state index in [1.54, 1.807) is 12.2 Å². The average molecular weight is 629 g/mol. The van der Waals surface area contributed by atoms with Crippen molar-refractivity contribution < 1.29 is 47.7 Å². The van der Waals surface area contributed by atoms with Crippen molar-refractivity contribution in [3.63, 3.8) is 0 Å². The molecular weight excluding hydrogens is 593 g/mol. The zero-order valence-corrected chi connectivity index (χ0v) is 25.1. The van der Waals surface area contributed by atoms with Crippen molar-refractivity contribution in [2.45, 2.75) is 64.7 Å². The zero-order valence-electron chi connectivity index (χ0n) is 25.1. The number of carbonyl (C=O) groups is 4. The lowest BCUT2D eigenvalue weighted by molar-refractivity contribution is -0.168. The monoisotopic (exact) mass is 628 g/mol. The number of carbonyl (C=O) groups excluding carboxylic acids is 4. The molecule has 0 unspecified atom stereocenters. The van der Waals surface area contributed by atoms with Gasteiger partial charge >= 0.3 is 6.18 Å². The number of halogens is 3. The number of aliphatic hydroxyl groups excluding tert-OH is 2. The number of hydrogen-bond donors (Lipinski definition) is 4. The van der Waals surface area contributed by atoms with Crippen molar-refractivity contribution >= 4 is 28.9 Å². The molecule has 0 aromatic heterocycles. The Hall–Kier alpha value is -4.08. The van der Waals surface area contributed by atoms with Crippen LogP contribution in [0.1, 0.15) is 58.4 Å². The summed E-state index contributed by atoms with van der Waals surface area (Å²) in [6.07, 6.45) is 3.37. The molecule has 1 amide bonds. The number of Topliss-reactive ketones (excluding diaryl/α,β-unsaturated/α-hetero) is 2. The van der Waals surface area contributed by atoms with Crippen LogP contribution in [0.25, 0.3) is 0 Å². The first-order chi connectivity index (χ1) is 20.9. The van der Waals surface area contributed by atoms with Crippen LogP contribution < -0.4 is 5.32 Å². The van der Waals surface area contributed by atoms with Gasteiger partial charge in [-0.15, -0.1) is 0 Å². The maximum absolute atomic E-state index is 13.3. The van der Waals surface area contributed by atoms with E-state index >= 15 is 0 Å². The molecule has 5 rings (SSSR count). The summed E-state index contributed by atoms with van der Waals surface area (Å²) >= 11 is 0. The van der Waals surface area contributed by atoms with Gasteiger partial charge in [0.15, 0.2) is 17.1 Å². The van der Waals surface area contributed by atoms with E-state index in [0.717, 1.165) is 49.6 Å². The van der Waals surface area contributed by atoms with Crippen molar-refractivity contribution in [2.24, 2.45) is 28.6 Å². The number of fused-ring (bicyclic) bond motifs is 5. The smallest absolute Gasteiger partial charge is 0.416 e. The highest BCUT2D eigenvalue weighted by molar-refractivity contribution is 6.06. The Balaban J connectivity index is 0.000000217. The second-order valence-electron chi connectivity index (χ2n) is 12.6. The summed E-state index contributed by atoms with van der Waals surface area (Å²) in [7, 11) is 0. The molecule has 4 aliphatic carbocycles. The first kappa shape index (κ1) is 33.8. The van der Waals surface area contributed by atoms with Crippen molar-refractivity contribution in [3.05, 3.63) is 65.0 Å². The van der Waals surface area contributed by atoms with Crippen LogP contribution in [0, 0.1) is 39.9 Å². The van der Waals surface area contributed by atoms with Gasteiger partial charge in [-0.2, -0.15) is 18.4 Å². The molecule has 3 saturated carbocycles. The van der Waals surface area contributed by atoms with Crippen LogP contribution in [-0.2, 0) is 25.4 Å². The number of aliphatic hydroxyl groups is 3. The highest BCUT2D eigenvalue weighted by Gasteiger charge is 2.68. The van der Waals surface area contributed by atoms with E-state index in [4.69, 9.17) is 10.4 Å². The van der Waals surface area contributed by atoms with Gasteiger partial charge < -0.3 is 20.6 Å². The Morgan fingerprint density at radius 3 is 2.33 bits per heavy atom. The molecule has 45 heavy (non-hydrogen) atoms. The van der Waals surface area contributed by atoms with Crippen LogP contribution in [0.4, 0.5) is 18.9 Å². The van der Waals surface area contributed by atoms with Crippen LogP contribution in [0.3, 0.4) is 0 Å². The van der Waals surface area contributed by atoms with Gasteiger partial charge in [-0.3, -0.25) is 19.2 Å². The third-order valence-corrected chi connectivity index (χ3v) is 10.2. The fourth-order valence-corrected chi connectivity index (χ4v) is 7.85. The summed E-state index contributed by atoms with van der Waals surface area (Å²) in [4.78, 5) is 48.9. The largest absolute Gasteiger partial charge is 0.511 e. The van der Waals surface area contributed by atoms with Crippen LogP contribution in [0.2, 0.25) is 0 Å².